The van der Waals surface area contributed by atoms with E-state index in [9.17, 15) is 4.79 Å². The van der Waals surface area contributed by atoms with Crippen molar-refractivity contribution < 1.29 is 4.79 Å². The van der Waals surface area contributed by atoms with E-state index in [1.165, 1.54) is 0 Å². The van der Waals surface area contributed by atoms with E-state index in [1.54, 1.807) is 18.2 Å². The summed E-state index contributed by atoms with van der Waals surface area (Å²) < 4.78 is 0.224. The average Bonchev–Trinajstić information content (AvgIpc) is 2.75. The molecule has 1 aromatic heterocycles. The van der Waals surface area contributed by atoms with Gasteiger partial charge in [0.05, 0.1) is 6.04 Å². The number of benzene rings is 1. The third-order valence-electron chi connectivity index (χ3n) is 2.37. The molecule has 1 heterocycles. The standard InChI is InChI=1S/C11H8Cl3N3OS/c1-5(7-3-2-6(12)4-8(7)13)15-9(18)10-16-17-11(14)19-10/h2-5H,1H3,(H,15,18). The molecule has 4 nitrogen and oxygen atoms in total. The van der Waals surface area contributed by atoms with Gasteiger partial charge in [0.1, 0.15) is 0 Å². The van der Waals surface area contributed by atoms with Crippen LogP contribution in [-0.2, 0) is 0 Å². The lowest BCUT2D eigenvalue weighted by atomic mass is 10.1. The van der Waals surface area contributed by atoms with E-state index in [1.807, 2.05) is 6.92 Å². The van der Waals surface area contributed by atoms with Gasteiger partial charge >= 0.3 is 0 Å². The number of nitrogens with zero attached hydrogens (tertiary/aromatic N) is 2. The van der Waals surface area contributed by atoms with Gasteiger partial charge in [0.25, 0.3) is 5.91 Å². The zero-order valence-corrected chi connectivity index (χ0v) is 12.7. The number of carbonyl (C=O) groups excluding carboxylic acids is 1. The fourth-order valence-electron chi connectivity index (χ4n) is 1.49. The van der Waals surface area contributed by atoms with E-state index in [2.05, 4.69) is 15.5 Å². The third kappa shape index (κ3) is 3.57. The first-order chi connectivity index (χ1) is 8.97. The molecule has 1 amide bonds. The minimum atomic E-state index is -0.345. The van der Waals surface area contributed by atoms with Crippen LogP contribution < -0.4 is 5.32 Å². The van der Waals surface area contributed by atoms with Crippen LogP contribution >= 0.6 is 46.1 Å². The van der Waals surface area contributed by atoms with E-state index in [-0.39, 0.29) is 21.4 Å². The van der Waals surface area contributed by atoms with Crippen molar-refractivity contribution in [3.05, 3.63) is 43.3 Å². The molecule has 0 aliphatic heterocycles. The molecule has 0 bridgehead atoms. The number of nitrogens with one attached hydrogen (secondary N) is 1. The second kappa shape index (κ2) is 6.05. The van der Waals surface area contributed by atoms with Gasteiger partial charge in [0, 0.05) is 10.0 Å². The topological polar surface area (TPSA) is 54.9 Å². The number of hydrogen-bond acceptors (Lipinski definition) is 4. The number of hydrogen-bond donors (Lipinski definition) is 1. The van der Waals surface area contributed by atoms with Gasteiger partial charge in [-0.3, -0.25) is 4.79 Å². The molecule has 0 saturated heterocycles. The predicted molar refractivity (Wildman–Crippen MR) is 77.3 cm³/mol. The van der Waals surface area contributed by atoms with Gasteiger partial charge in [-0.2, -0.15) is 0 Å². The highest BCUT2D eigenvalue weighted by Gasteiger charge is 2.17. The second-order valence-corrected chi connectivity index (χ2v) is 6.12. The van der Waals surface area contributed by atoms with Gasteiger partial charge in [-0.05, 0) is 36.2 Å². The Morgan fingerprint density at radius 1 is 1.32 bits per heavy atom. The van der Waals surface area contributed by atoms with Crippen molar-refractivity contribution in [2.75, 3.05) is 0 Å². The number of rotatable bonds is 3. The highest BCUT2D eigenvalue weighted by atomic mass is 35.5. The minimum Gasteiger partial charge on any atom is -0.343 e. The van der Waals surface area contributed by atoms with Crippen molar-refractivity contribution in [3.63, 3.8) is 0 Å². The fourth-order valence-corrected chi connectivity index (χ4v) is 2.79. The summed E-state index contributed by atoms with van der Waals surface area (Å²) in [5.74, 6) is -0.345. The summed E-state index contributed by atoms with van der Waals surface area (Å²) in [5, 5.41) is 11.3. The van der Waals surface area contributed by atoms with Crippen LogP contribution in [0.3, 0.4) is 0 Å². The molecule has 100 valence electrons. The van der Waals surface area contributed by atoms with Gasteiger partial charge in [0.2, 0.25) is 9.47 Å². The van der Waals surface area contributed by atoms with E-state index >= 15 is 0 Å². The van der Waals surface area contributed by atoms with Crippen LogP contribution in [0, 0.1) is 0 Å². The Bertz CT molecular complexity index is 617. The minimum absolute atomic E-state index is 0.210. The predicted octanol–water partition coefficient (Wildman–Crippen LogP) is 3.99. The molecule has 0 radical (unpaired) electrons. The smallest absolute Gasteiger partial charge is 0.282 e. The summed E-state index contributed by atoms with van der Waals surface area (Å²) in [7, 11) is 0. The summed E-state index contributed by atoms with van der Waals surface area (Å²) >= 11 is 18.5. The summed E-state index contributed by atoms with van der Waals surface area (Å²) in [6.45, 7) is 1.82. The van der Waals surface area contributed by atoms with Crippen molar-refractivity contribution in [3.8, 4) is 0 Å². The Hall–Kier alpha value is -0.880. The normalized spacial score (nSPS) is 12.2. The molecule has 0 fully saturated rings. The number of carbonyl (C=O) groups is 1. The van der Waals surface area contributed by atoms with Gasteiger partial charge in [-0.15, -0.1) is 10.2 Å². The quantitative estimate of drug-likeness (QED) is 0.922. The Kier molecular flexibility index (Phi) is 4.62. The largest absolute Gasteiger partial charge is 0.343 e. The fraction of sp³-hybridized carbons (Fsp3) is 0.182. The molecule has 1 N–H and O–H groups in total. The molecule has 0 spiro atoms. The van der Waals surface area contributed by atoms with Crippen LogP contribution in [0.2, 0.25) is 14.5 Å². The summed E-state index contributed by atoms with van der Waals surface area (Å²) in [5.41, 5.74) is 0.773. The van der Waals surface area contributed by atoms with Crippen molar-refractivity contribution >= 4 is 52.0 Å². The third-order valence-corrected chi connectivity index (χ3v) is 3.95. The molecule has 1 aromatic carbocycles. The number of halogens is 3. The molecule has 0 aliphatic carbocycles. The van der Waals surface area contributed by atoms with Gasteiger partial charge in [0.15, 0.2) is 0 Å². The molecule has 1 unspecified atom stereocenters. The maximum absolute atomic E-state index is 11.9. The highest BCUT2D eigenvalue weighted by molar-refractivity contribution is 7.17. The lowest BCUT2D eigenvalue weighted by Crippen LogP contribution is -2.26. The average molecular weight is 337 g/mol. The summed E-state index contributed by atoms with van der Waals surface area (Å²) in [4.78, 5) is 11.9. The molecular formula is C11H8Cl3N3OS. The second-order valence-electron chi connectivity index (χ2n) is 3.72. The maximum Gasteiger partial charge on any atom is 0.282 e. The number of aromatic nitrogens is 2. The summed E-state index contributed by atoms with van der Waals surface area (Å²) in [6, 6.07) is 4.83. The lowest BCUT2D eigenvalue weighted by molar-refractivity contribution is 0.0939. The molecule has 19 heavy (non-hydrogen) atoms. The van der Waals surface area contributed by atoms with Gasteiger partial charge in [-0.1, -0.05) is 40.6 Å². The van der Waals surface area contributed by atoms with E-state index in [0.29, 0.717) is 10.0 Å². The van der Waals surface area contributed by atoms with E-state index < -0.39 is 0 Å². The van der Waals surface area contributed by atoms with Crippen LogP contribution in [-0.4, -0.2) is 16.1 Å². The molecule has 0 aliphatic rings. The number of amides is 1. The Morgan fingerprint density at radius 3 is 2.63 bits per heavy atom. The first-order valence-electron chi connectivity index (χ1n) is 5.22. The lowest BCUT2D eigenvalue weighted by Gasteiger charge is -2.14. The van der Waals surface area contributed by atoms with E-state index in [0.717, 1.165) is 16.9 Å². The van der Waals surface area contributed by atoms with Crippen molar-refractivity contribution in [1.29, 1.82) is 0 Å². The summed E-state index contributed by atoms with van der Waals surface area (Å²) in [6.07, 6.45) is 0. The van der Waals surface area contributed by atoms with Crippen LogP contribution in [0.1, 0.15) is 28.3 Å². The SMILES string of the molecule is CC(NC(=O)c1nnc(Cl)s1)c1ccc(Cl)cc1Cl. The van der Waals surface area contributed by atoms with Crippen molar-refractivity contribution in [2.24, 2.45) is 0 Å². The van der Waals surface area contributed by atoms with Crippen LogP contribution in [0.4, 0.5) is 0 Å². The monoisotopic (exact) mass is 335 g/mol. The highest BCUT2D eigenvalue weighted by Crippen LogP contribution is 2.26. The Balaban J connectivity index is 2.12. The van der Waals surface area contributed by atoms with Crippen molar-refractivity contribution in [2.45, 2.75) is 13.0 Å². The zero-order chi connectivity index (χ0) is 14.0. The Morgan fingerprint density at radius 2 is 2.05 bits per heavy atom. The molecule has 8 heteroatoms. The zero-order valence-electron chi connectivity index (χ0n) is 9.65. The molecule has 2 aromatic rings. The van der Waals surface area contributed by atoms with Gasteiger partial charge < -0.3 is 5.32 Å². The molecule has 0 saturated carbocycles. The van der Waals surface area contributed by atoms with Crippen LogP contribution in [0.25, 0.3) is 0 Å². The molecule has 2 rings (SSSR count). The van der Waals surface area contributed by atoms with Gasteiger partial charge in [-0.25, -0.2) is 0 Å². The van der Waals surface area contributed by atoms with Crippen LogP contribution in [0.15, 0.2) is 18.2 Å². The first-order valence-corrected chi connectivity index (χ1v) is 7.17. The van der Waals surface area contributed by atoms with E-state index in [4.69, 9.17) is 34.8 Å². The first kappa shape index (κ1) is 14.5. The Labute approximate surface area is 128 Å². The maximum atomic E-state index is 11.9. The molecular weight excluding hydrogens is 329 g/mol. The van der Waals surface area contributed by atoms with Crippen molar-refractivity contribution in [1.82, 2.24) is 15.5 Å². The van der Waals surface area contributed by atoms with Crippen LogP contribution in [0.5, 0.6) is 0 Å². The molecule has 1 atom stereocenters.